The third kappa shape index (κ3) is 3.36. The molecule has 1 rings (SSSR count). The molecule has 3 N–H and O–H groups in total. The van der Waals surface area contributed by atoms with Gasteiger partial charge in [-0.05, 0) is 30.7 Å². The van der Waals surface area contributed by atoms with Gasteiger partial charge in [0.15, 0.2) is 0 Å². The summed E-state index contributed by atoms with van der Waals surface area (Å²) in [6, 6.07) is 0.528. The molecule has 0 saturated heterocycles. The van der Waals surface area contributed by atoms with Crippen LogP contribution in [0.4, 0.5) is 26.3 Å². The molecule has 0 aliphatic heterocycles. The minimum Gasteiger partial charge on any atom is -0.271 e. The summed E-state index contributed by atoms with van der Waals surface area (Å²) in [5.74, 6) is 5.01. The molecule has 1 atom stereocenters. The second-order valence-corrected chi connectivity index (χ2v) is 3.73. The van der Waals surface area contributed by atoms with E-state index >= 15 is 0 Å². The highest BCUT2D eigenvalue weighted by Crippen LogP contribution is 2.37. The molecule has 0 radical (unpaired) electrons. The summed E-state index contributed by atoms with van der Waals surface area (Å²) in [6.45, 7) is 1.36. The summed E-state index contributed by atoms with van der Waals surface area (Å²) in [4.78, 5) is 0. The Balaban J connectivity index is 3.39. The van der Waals surface area contributed by atoms with Crippen LogP contribution in [0.25, 0.3) is 0 Å². The number of hydrogen-bond donors (Lipinski definition) is 2. The standard InChI is InChI=1S/C10H10F6N2/c1-5(18-17)6-2-7(9(11,12)13)4-8(3-6)10(14,15)16/h2-5,18H,17H2,1H3/t5-/m1/s1. The largest absolute Gasteiger partial charge is 0.416 e. The van der Waals surface area contributed by atoms with E-state index in [1.54, 1.807) is 0 Å². The van der Waals surface area contributed by atoms with Gasteiger partial charge in [0.1, 0.15) is 0 Å². The van der Waals surface area contributed by atoms with Crippen LogP contribution in [-0.4, -0.2) is 0 Å². The second kappa shape index (κ2) is 4.77. The molecule has 0 unspecified atom stereocenters. The van der Waals surface area contributed by atoms with Gasteiger partial charge in [-0.15, -0.1) is 0 Å². The van der Waals surface area contributed by atoms with Crippen LogP contribution in [0.5, 0.6) is 0 Å². The summed E-state index contributed by atoms with van der Waals surface area (Å²) >= 11 is 0. The Kier molecular flexibility index (Phi) is 3.92. The molecule has 0 aliphatic rings. The van der Waals surface area contributed by atoms with Crippen LogP contribution in [0.2, 0.25) is 0 Å². The van der Waals surface area contributed by atoms with Gasteiger partial charge in [0.25, 0.3) is 0 Å². The van der Waals surface area contributed by atoms with Crippen LogP contribution in [0.15, 0.2) is 18.2 Å². The van der Waals surface area contributed by atoms with Crippen molar-refractivity contribution >= 4 is 0 Å². The summed E-state index contributed by atoms with van der Waals surface area (Å²) in [5.41, 5.74) is -0.782. The van der Waals surface area contributed by atoms with Crippen LogP contribution in [-0.2, 0) is 12.4 Å². The van der Waals surface area contributed by atoms with E-state index in [0.29, 0.717) is 12.1 Å². The molecule has 0 amide bonds. The zero-order chi connectivity index (χ0) is 14.1. The number of hydrogen-bond acceptors (Lipinski definition) is 2. The van der Waals surface area contributed by atoms with E-state index in [-0.39, 0.29) is 11.6 Å². The molecule has 0 aliphatic carbocycles. The van der Waals surface area contributed by atoms with Gasteiger partial charge < -0.3 is 0 Å². The Morgan fingerprint density at radius 3 is 1.61 bits per heavy atom. The maximum atomic E-state index is 12.5. The molecule has 1 aromatic rings. The third-order valence-corrected chi connectivity index (χ3v) is 2.36. The van der Waals surface area contributed by atoms with Gasteiger partial charge in [-0.1, -0.05) is 0 Å². The predicted octanol–water partition coefficient (Wildman–Crippen LogP) is 3.25. The molecule has 0 heterocycles. The fraction of sp³-hybridized carbons (Fsp3) is 0.400. The molecule has 8 heteroatoms. The molecule has 0 fully saturated rings. The molecule has 0 spiro atoms. The topological polar surface area (TPSA) is 38.0 Å². The Labute approximate surface area is 98.7 Å². The molecule has 0 saturated carbocycles. The average molecular weight is 272 g/mol. The van der Waals surface area contributed by atoms with Crippen LogP contribution in [0.3, 0.4) is 0 Å². The highest BCUT2D eigenvalue weighted by Gasteiger charge is 2.37. The van der Waals surface area contributed by atoms with Crippen molar-refractivity contribution in [2.75, 3.05) is 0 Å². The van der Waals surface area contributed by atoms with E-state index in [9.17, 15) is 26.3 Å². The Morgan fingerprint density at radius 1 is 0.944 bits per heavy atom. The van der Waals surface area contributed by atoms with E-state index in [2.05, 4.69) is 5.43 Å². The third-order valence-electron chi connectivity index (χ3n) is 2.36. The number of alkyl halides is 6. The minimum atomic E-state index is -4.84. The first kappa shape index (κ1) is 14.8. The number of rotatable bonds is 2. The van der Waals surface area contributed by atoms with Crippen molar-refractivity contribution in [3.63, 3.8) is 0 Å². The highest BCUT2D eigenvalue weighted by molar-refractivity contribution is 5.35. The van der Waals surface area contributed by atoms with Gasteiger partial charge in [-0.25, -0.2) is 0 Å². The smallest absolute Gasteiger partial charge is 0.271 e. The lowest BCUT2D eigenvalue weighted by Crippen LogP contribution is -2.26. The van der Waals surface area contributed by atoms with E-state index < -0.39 is 29.5 Å². The predicted molar refractivity (Wildman–Crippen MR) is 52.2 cm³/mol. The fourth-order valence-electron chi connectivity index (χ4n) is 1.33. The molecule has 2 nitrogen and oxygen atoms in total. The summed E-state index contributed by atoms with van der Waals surface area (Å²) in [6.07, 6.45) is -9.69. The van der Waals surface area contributed by atoms with Crippen LogP contribution < -0.4 is 11.3 Å². The number of nitrogens with one attached hydrogen (secondary N) is 1. The molecule has 18 heavy (non-hydrogen) atoms. The quantitative estimate of drug-likeness (QED) is 0.492. The first-order valence-electron chi connectivity index (χ1n) is 4.81. The second-order valence-electron chi connectivity index (χ2n) is 3.73. The highest BCUT2D eigenvalue weighted by atomic mass is 19.4. The summed E-state index contributed by atoms with van der Waals surface area (Å²) < 4.78 is 74.9. The van der Waals surface area contributed by atoms with E-state index in [4.69, 9.17) is 5.84 Å². The van der Waals surface area contributed by atoms with Crippen molar-refractivity contribution in [3.05, 3.63) is 34.9 Å². The summed E-state index contributed by atoms with van der Waals surface area (Å²) in [7, 11) is 0. The average Bonchev–Trinajstić information content (AvgIpc) is 2.25. The van der Waals surface area contributed by atoms with Crippen molar-refractivity contribution < 1.29 is 26.3 Å². The van der Waals surface area contributed by atoms with Gasteiger partial charge in [-0.2, -0.15) is 26.3 Å². The van der Waals surface area contributed by atoms with Crippen LogP contribution in [0.1, 0.15) is 29.7 Å². The zero-order valence-corrected chi connectivity index (χ0v) is 9.15. The van der Waals surface area contributed by atoms with Crippen molar-refractivity contribution in [1.29, 1.82) is 0 Å². The Hall–Kier alpha value is -1.28. The maximum absolute atomic E-state index is 12.5. The van der Waals surface area contributed by atoms with Gasteiger partial charge in [0, 0.05) is 6.04 Å². The lowest BCUT2D eigenvalue weighted by Gasteiger charge is -2.17. The number of hydrazine groups is 1. The molecule has 102 valence electrons. The molecular weight excluding hydrogens is 262 g/mol. The lowest BCUT2D eigenvalue weighted by molar-refractivity contribution is -0.143. The number of halogens is 6. The molecule has 1 aromatic carbocycles. The van der Waals surface area contributed by atoms with Gasteiger partial charge >= 0.3 is 12.4 Å². The first-order valence-corrected chi connectivity index (χ1v) is 4.81. The maximum Gasteiger partial charge on any atom is 0.416 e. The molecule has 0 aromatic heterocycles. The Morgan fingerprint density at radius 2 is 1.33 bits per heavy atom. The van der Waals surface area contributed by atoms with Gasteiger partial charge in [0.2, 0.25) is 0 Å². The van der Waals surface area contributed by atoms with Crippen molar-refractivity contribution in [2.24, 2.45) is 5.84 Å². The van der Waals surface area contributed by atoms with Gasteiger partial charge in [0.05, 0.1) is 11.1 Å². The van der Waals surface area contributed by atoms with Crippen LogP contribution in [0, 0.1) is 0 Å². The fourth-order valence-corrected chi connectivity index (χ4v) is 1.33. The molecule has 0 bridgehead atoms. The zero-order valence-electron chi connectivity index (χ0n) is 9.15. The van der Waals surface area contributed by atoms with Crippen molar-refractivity contribution in [1.82, 2.24) is 5.43 Å². The monoisotopic (exact) mass is 272 g/mol. The number of nitrogens with two attached hydrogens (primary N) is 1. The van der Waals surface area contributed by atoms with Crippen molar-refractivity contribution in [2.45, 2.75) is 25.3 Å². The normalized spacial score (nSPS) is 14.7. The summed E-state index contributed by atoms with van der Waals surface area (Å²) in [5, 5.41) is 0. The van der Waals surface area contributed by atoms with Gasteiger partial charge in [-0.3, -0.25) is 11.3 Å². The molecular formula is C10H10F6N2. The lowest BCUT2D eigenvalue weighted by atomic mass is 10.0. The Bertz CT molecular complexity index is 391. The first-order chi connectivity index (χ1) is 8.05. The SMILES string of the molecule is C[C@@H](NN)c1cc(C(F)(F)F)cc(C(F)(F)F)c1. The van der Waals surface area contributed by atoms with Crippen molar-refractivity contribution in [3.8, 4) is 0 Å². The van der Waals surface area contributed by atoms with Crippen LogP contribution >= 0.6 is 0 Å². The van der Waals surface area contributed by atoms with E-state index in [1.807, 2.05) is 0 Å². The van der Waals surface area contributed by atoms with E-state index in [1.165, 1.54) is 6.92 Å². The van der Waals surface area contributed by atoms with E-state index in [0.717, 1.165) is 0 Å². The number of benzene rings is 1. The minimum absolute atomic E-state index is 0.0761.